The Morgan fingerprint density at radius 1 is 1.21 bits per heavy atom. The van der Waals surface area contributed by atoms with E-state index < -0.39 is 35.6 Å². The Labute approximate surface area is 200 Å². The summed E-state index contributed by atoms with van der Waals surface area (Å²) >= 11 is 1.56. The van der Waals surface area contributed by atoms with Gasteiger partial charge >= 0.3 is 5.97 Å². The van der Waals surface area contributed by atoms with Gasteiger partial charge in [-0.3, -0.25) is 9.59 Å². The van der Waals surface area contributed by atoms with Gasteiger partial charge < -0.3 is 19.7 Å². The van der Waals surface area contributed by atoms with E-state index in [1.165, 1.54) is 0 Å². The Kier molecular flexibility index (Phi) is 8.48. The number of Topliss-reactive ketones (excluding diaryl/α,β-unsaturated/α-hetero) is 1. The molecule has 2 aliphatic rings. The fourth-order valence-electron chi connectivity index (χ4n) is 4.45. The minimum atomic E-state index is -1.21. The maximum Gasteiger partial charge on any atom is 0.309 e. The van der Waals surface area contributed by atoms with E-state index in [0.29, 0.717) is 12.8 Å². The lowest BCUT2D eigenvalue weighted by atomic mass is 9.74. The number of rotatable bonds is 2. The molecule has 0 unspecified atom stereocenters. The van der Waals surface area contributed by atoms with E-state index in [1.807, 2.05) is 25.3 Å². The van der Waals surface area contributed by atoms with E-state index in [4.69, 9.17) is 9.47 Å². The number of ether oxygens (including phenoxy) is 2. The lowest BCUT2D eigenvalue weighted by molar-refractivity contribution is -0.154. The van der Waals surface area contributed by atoms with Gasteiger partial charge in [0.1, 0.15) is 11.9 Å². The normalized spacial score (nSPS) is 34.5. The predicted molar refractivity (Wildman–Crippen MR) is 127 cm³/mol. The average Bonchev–Trinajstić information content (AvgIpc) is 3.36. The second kappa shape index (κ2) is 10.8. The Balaban J connectivity index is 1.79. The molecule has 0 bridgehead atoms. The van der Waals surface area contributed by atoms with Crippen molar-refractivity contribution in [3.05, 3.63) is 21.7 Å². The fourth-order valence-corrected chi connectivity index (χ4v) is 5.02. The summed E-state index contributed by atoms with van der Waals surface area (Å²) in [6, 6.07) is 0. The monoisotopic (exact) mass is 479 g/mol. The van der Waals surface area contributed by atoms with Crippen molar-refractivity contribution in [3.63, 3.8) is 0 Å². The quantitative estimate of drug-likeness (QED) is 0.490. The van der Waals surface area contributed by atoms with Gasteiger partial charge in [0.25, 0.3) is 0 Å². The lowest BCUT2D eigenvalue weighted by Gasteiger charge is -2.33. The third-order valence-corrected chi connectivity index (χ3v) is 7.78. The highest BCUT2D eigenvalue weighted by Crippen LogP contribution is 2.35. The topological polar surface area (TPSA) is 109 Å². The molecule has 6 atom stereocenters. The van der Waals surface area contributed by atoms with Crippen molar-refractivity contribution >= 4 is 29.2 Å². The molecule has 3 rings (SSSR count). The zero-order valence-corrected chi connectivity index (χ0v) is 21.1. The van der Waals surface area contributed by atoms with Crippen LogP contribution in [0.25, 0.3) is 6.08 Å². The standard InChI is InChI=1S/C25H37NO6S/c1-14(10-17-13-33-16(3)26-17)20-11-21-19(31-21)9-7-6-8-18(27)15(2)24(30)25(4,5)22(28)12-23(29)32-20/h10,13,15,18-22,27-28H,6-9,11-12H2,1-5H3/b14-10+/t15-,18+,19+,20+,21-,22+/m1/s1. The van der Waals surface area contributed by atoms with Gasteiger partial charge in [-0.05, 0) is 38.3 Å². The molecule has 2 aliphatic heterocycles. The predicted octanol–water partition coefficient (Wildman–Crippen LogP) is 3.84. The van der Waals surface area contributed by atoms with Crippen LogP contribution in [0.3, 0.4) is 0 Å². The molecule has 2 saturated heterocycles. The Morgan fingerprint density at radius 2 is 1.91 bits per heavy atom. The van der Waals surface area contributed by atoms with Crippen molar-refractivity contribution in [2.24, 2.45) is 11.3 Å². The van der Waals surface area contributed by atoms with Crippen molar-refractivity contribution < 1.29 is 29.3 Å². The summed E-state index contributed by atoms with van der Waals surface area (Å²) in [5.74, 6) is -1.43. The first-order valence-corrected chi connectivity index (χ1v) is 12.7. The number of carbonyl (C=O) groups is 2. The SMILES string of the molecule is C/C(=C\c1csc(C)n1)[C@@H]1C[C@H]2O[C@H]2CCCC[C@H](O)[C@@H](C)C(=O)C(C)(C)[C@@H](O)CC(=O)O1. The number of ketones is 1. The van der Waals surface area contributed by atoms with Crippen LogP contribution >= 0.6 is 11.3 Å². The molecule has 0 aliphatic carbocycles. The summed E-state index contributed by atoms with van der Waals surface area (Å²) in [5, 5.41) is 24.2. The highest BCUT2D eigenvalue weighted by atomic mass is 32.1. The molecule has 0 spiro atoms. The van der Waals surface area contributed by atoms with Crippen molar-refractivity contribution in [1.29, 1.82) is 0 Å². The van der Waals surface area contributed by atoms with Gasteiger partial charge in [-0.1, -0.05) is 33.6 Å². The Morgan fingerprint density at radius 3 is 2.58 bits per heavy atom. The molecule has 0 saturated carbocycles. The molecule has 7 nitrogen and oxygen atoms in total. The van der Waals surface area contributed by atoms with E-state index >= 15 is 0 Å². The molecule has 1 aromatic rings. The zero-order valence-electron chi connectivity index (χ0n) is 20.2. The molecule has 3 heterocycles. The van der Waals surface area contributed by atoms with Gasteiger partial charge in [0.15, 0.2) is 0 Å². The van der Waals surface area contributed by atoms with Gasteiger partial charge in [-0.15, -0.1) is 11.3 Å². The smallest absolute Gasteiger partial charge is 0.309 e. The van der Waals surface area contributed by atoms with Crippen LogP contribution in [0.4, 0.5) is 0 Å². The number of aliphatic hydroxyl groups excluding tert-OH is 2. The number of epoxide rings is 1. The molecule has 8 heteroatoms. The number of carbonyl (C=O) groups excluding carboxylic acids is 2. The second-order valence-electron chi connectivity index (χ2n) is 10.1. The lowest BCUT2D eigenvalue weighted by Crippen LogP contribution is -2.44. The minimum absolute atomic E-state index is 0.0167. The number of thiazole rings is 1. The first-order valence-electron chi connectivity index (χ1n) is 11.8. The first-order chi connectivity index (χ1) is 15.5. The zero-order chi connectivity index (χ0) is 24.3. The number of esters is 1. The minimum Gasteiger partial charge on any atom is -0.458 e. The Bertz CT molecular complexity index is 878. The molecule has 0 radical (unpaired) electrons. The maximum absolute atomic E-state index is 13.0. The third-order valence-electron chi connectivity index (χ3n) is 6.99. The number of hydrogen-bond acceptors (Lipinski definition) is 8. The van der Waals surface area contributed by atoms with Crippen LogP contribution in [-0.4, -0.2) is 57.5 Å². The number of hydrogen-bond donors (Lipinski definition) is 2. The number of aromatic nitrogens is 1. The molecule has 0 amide bonds. The second-order valence-corrected chi connectivity index (χ2v) is 11.1. The summed E-state index contributed by atoms with van der Waals surface area (Å²) in [6.07, 6.45) is 2.92. The van der Waals surface area contributed by atoms with Crippen LogP contribution in [0.2, 0.25) is 0 Å². The average molecular weight is 480 g/mol. The number of nitrogens with zero attached hydrogens (tertiary/aromatic N) is 1. The van der Waals surface area contributed by atoms with Gasteiger partial charge in [-0.2, -0.15) is 0 Å². The molecular weight excluding hydrogens is 442 g/mol. The molecule has 184 valence electrons. The van der Waals surface area contributed by atoms with Gasteiger partial charge in [0.05, 0.1) is 47.0 Å². The van der Waals surface area contributed by atoms with E-state index in [-0.39, 0.29) is 24.4 Å². The van der Waals surface area contributed by atoms with Crippen LogP contribution in [0.5, 0.6) is 0 Å². The summed E-state index contributed by atoms with van der Waals surface area (Å²) in [4.78, 5) is 30.3. The van der Waals surface area contributed by atoms with Crippen molar-refractivity contribution in [3.8, 4) is 0 Å². The van der Waals surface area contributed by atoms with Crippen molar-refractivity contribution in [1.82, 2.24) is 4.98 Å². The van der Waals surface area contributed by atoms with Crippen LogP contribution in [-0.2, 0) is 19.1 Å². The molecular formula is C25H37NO6S. The first kappa shape index (κ1) is 26.0. The number of fused-ring (bicyclic) bond motifs is 1. The molecule has 0 aromatic carbocycles. The van der Waals surface area contributed by atoms with Gasteiger partial charge in [0, 0.05) is 17.7 Å². The summed E-state index contributed by atoms with van der Waals surface area (Å²) in [5.41, 5.74) is 0.510. The van der Waals surface area contributed by atoms with Crippen molar-refractivity contribution in [2.75, 3.05) is 0 Å². The summed E-state index contributed by atoms with van der Waals surface area (Å²) < 4.78 is 11.6. The van der Waals surface area contributed by atoms with E-state index in [2.05, 4.69) is 4.98 Å². The van der Waals surface area contributed by atoms with Crippen LogP contribution in [0.15, 0.2) is 11.0 Å². The van der Waals surface area contributed by atoms with E-state index in [9.17, 15) is 19.8 Å². The molecule has 2 N–H and O–H groups in total. The van der Waals surface area contributed by atoms with Gasteiger partial charge in [-0.25, -0.2) is 4.98 Å². The largest absolute Gasteiger partial charge is 0.458 e. The number of aliphatic hydroxyl groups is 2. The van der Waals surface area contributed by atoms with Crippen LogP contribution in [0.1, 0.15) is 76.9 Å². The molecule has 2 fully saturated rings. The Hall–Kier alpha value is -1.61. The van der Waals surface area contributed by atoms with Crippen LogP contribution < -0.4 is 0 Å². The van der Waals surface area contributed by atoms with Crippen LogP contribution in [0, 0.1) is 18.3 Å². The van der Waals surface area contributed by atoms with Gasteiger partial charge in [0.2, 0.25) is 0 Å². The van der Waals surface area contributed by atoms with Crippen molar-refractivity contribution in [2.45, 2.75) is 104 Å². The molecule has 1 aromatic heterocycles. The fraction of sp³-hybridized carbons (Fsp3) is 0.720. The van der Waals surface area contributed by atoms with E-state index in [1.54, 1.807) is 32.1 Å². The number of aryl methyl sites for hydroxylation is 1. The highest BCUT2D eigenvalue weighted by molar-refractivity contribution is 7.09. The van der Waals surface area contributed by atoms with E-state index in [0.717, 1.165) is 35.5 Å². The number of cyclic esters (lactones) is 1. The summed E-state index contributed by atoms with van der Waals surface area (Å²) in [6.45, 7) is 8.78. The molecule has 33 heavy (non-hydrogen) atoms. The third kappa shape index (κ3) is 6.72. The summed E-state index contributed by atoms with van der Waals surface area (Å²) in [7, 11) is 0. The maximum atomic E-state index is 13.0. The highest BCUT2D eigenvalue weighted by Gasteiger charge is 2.43.